The number of aryl methyl sites for hydroxylation is 1. The van der Waals surface area contributed by atoms with Crippen LogP contribution < -0.4 is 10.6 Å². The zero-order valence-electron chi connectivity index (χ0n) is 17.4. The van der Waals surface area contributed by atoms with Gasteiger partial charge in [0.15, 0.2) is 0 Å². The first-order chi connectivity index (χ1) is 14.6. The third-order valence-electron chi connectivity index (χ3n) is 5.51. The Morgan fingerprint density at radius 2 is 1.73 bits per heavy atom. The fraction of sp³-hybridized carbons (Fsp3) is 0.192. The maximum atomic E-state index is 12.7. The molecule has 1 heterocycles. The van der Waals surface area contributed by atoms with Crippen molar-refractivity contribution in [2.24, 2.45) is 0 Å². The molecule has 0 spiro atoms. The van der Waals surface area contributed by atoms with Crippen LogP contribution in [0.2, 0.25) is 0 Å². The summed E-state index contributed by atoms with van der Waals surface area (Å²) in [6, 6.07) is 26.3. The third kappa shape index (κ3) is 4.44. The van der Waals surface area contributed by atoms with Crippen LogP contribution in [0.25, 0.3) is 10.9 Å². The molecule has 0 bridgehead atoms. The van der Waals surface area contributed by atoms with Gasteiger partial charge >= 0.3 is 0 Å². The number of amides is 1. The lowest BCUT2D eigenvalue weighted by atomic mass is 9.90. The average Bonchev–Trinajstić information content (AvgIpc) is 3.18. The van der Waals surface area contributed by atoms with E-state index in [1.54, 1.807) is 0 Å². The van der Waals surface area contributed by atoms with Crippen molar-refractivity contribution in [1.29, 1.82) is 0 Å². The summed E-state index contributed by atoms with van der Waals surface area (Å²) < 4.78 is 0. The molecule has 4 rings (SSSR count). The van der Waals surface area contributed by atoms with Gasteiger partial charge in [0, 0.05) is 35.2 Å². The Hall–Kier alpha value is -3.37. The highest BCUT2D eigenvalue weighted by molar-refractivity contribution is 5.94. The quantitative estimate of drug-likeness (QED) is 0.400. The Labute approximate surface area is 177 Å². The summed E-state index contributed by atoms with van der Waals surface area (Å²) in [5, 5.41) is 7.66. The predicted molar refractivity (Wildman–Crippen MR) is 124 cm³/mol. The number of nitrogens with one attached hydrogen (secondary N) is 3. The Morgan fingerprint density at radius 1 is 0.967 bits per heavy atom. The van der Waals surface area contributed by atoms with Crippen LogP contribution in [0.1, 0.15) is 29.5 Å². The first kappa shape index (κ1) is 19.9. The Bertz CT molecular complexity index is 1130. The molecule has 4 nitrogen and oxygen atoms in total. The van der Waals surface area contributed by atoms with Crippen molar-refractivity contribution in [3.05, 3.63) is 102 Å². The van der Waals surface area contributed by atoms with Crippen molar-refractivity contribution in [1.82, 2.24) is 10.3 Å². The molecule has 2 atom stereocenters. The molecule has 0 saturated heterocycles. The van der Waals surface area contributed by atoms with Crippen LogP contribution >= 0.6 is 0 Å². The van der Waals surface area contributed by atoms with Crippen LogP contribution in [0.4, 0.5) is 5.69 Å². The maximum absolute atomic E-state index is 12.7. The van der Waals surface area contributed by atoms with E-state index in [2.05, 4.69) is 64.3 Å². The summed E-state index contributed by atoms with van der Waals surface area (Å²) in [5.41, 5.74) is 5.53. The van der Waals surface area contributed by atoms with Gasteiger partial charge in [-0.25, -0.2) is 0 Å². The number of carbonyl (C=O) groups is 1. The number of aromatic amines is 1. The minimum absolute atomic E-state index is 0.0358. The third-order valence-corrected chi connectivity index (χ3v) is 5.51. The van der Waals surface area contributed by atoms with Crippen molar-refractivity contribution in [3.8, 4) is 0 Å². The van der Waals surface area contributed by atoms with Gasteiger partial charge in [-0.2, -0.15) is 0 Å². The first-order valence-corrected chi connectivity index (χ1v) is 10.3. The van der Waals surface area contributed by atoms with E-state index in [1.807, 2.05) is 50.2 Å². The average molecular weight is 398 g/mol. The van der Waals surface area contributed by atoms with E-state index in [1.165, 1.54) is 16.5 Å². The number of aromatic nitrogens is 1. The summed E-state index contributed by atoms with van der Waals surface area (Å²) in [4.78, 5) is 16.1. The van der Waals surface area contributed by atoms with Crippen LogP contribution in [0, 0.1) is 6.92 Å². The highest BCUT2D eigenvalue weighted by Gasteiger charge is 2.20. The second kappa shape index (κ2) is 8.97. The van der Waals surface area contributed by atoms with E-state index in [4.69, 9.17) is 0 Å². The molecule has 1 aromatic heterocycles. The molecule has 0 radical (unpaired) electrons. The summed E-state index contributed by atoms with van der Waals surface area (Å²) >= 11 is 0. The van der Waals surface area contributed by atoms with Gasteiger partial charge in [-0.3, -0.25) is 4.79 Å². The van der Waals surface area contributed by atoms with Gasteiger partial charge in [0.25, 0.3) is 0 Å². The first-order valence-electron chi connectivity index (χ1n) is 10.3. The molecule has 0 fully saturated rings. The second-order valence-corrected chi connectivity index (χ2v) is 7.74. The Kier molecular flexibility index (Phi) is 5.96. The standard InChI is InChI=1S/C26H27N3O/c1-18-9-8-12-21(15-18)29-26(30)19(2)27-16-23(20-10-4-3-5-11-20)24-17-28-25-14-7-6-13-22(24)25/h3-15,17,19,23,27-28H,16H2,1-2H3,(H,29,30)/t19-,23-/m0/s1. The van der Waals surface area contributed by atoms with Crippen molar-refractivity contribution in [3.63, 3.8) is 0 Å². The molecule has 1 amide bonds. The van der Waals surface area contributed by atoms with Gasteiger partial charge in [-0.05, 0) is 48.7 Å². The molecule has 4 aromatic rings. The molecular formula is C26H27N3O. The number of para-hydroxylation sites is 1. The van der Waals surface area contributed by atoms with Gasteiger partial charge in [-0.15, -0.1) is 0 Å². The number of carbonyl (C=O) groups excluding carboxylic acids is 1. The fourth-order valence-electron chi connectivity index (χ4n) is 3.84. The smallest absolute Gasteiger partial charge is 0.241 e. The van der Waals surface area contributed by atoms with Crippen molar-refractivity contribution < 1.29 is 4.79 Å². The monoisotopic (exact) mass is 397 g/mol. The van der Waals surface area contributed by atoms with Crippen molar-refractivity contribution in [2.75, 3.05) is 11.9 Å². The number of hydrogen-bond acceptors (Lipinski definition) is 2. The number of hydrogen-bond donors (Lipinski definition) is 3. The molecule has 0 aliphatic heterocycles. The van der Waals surface area contributed by atoms with Gasteiger partial charge < -0.3 is 15.6 Å². The lowest BCUT2D eigenvalue weighted by Gasteiger charge is -2.21. The number of H-pyrrole nitrogens is 1. The minimum atomic E-state index is -0.318. The molecule has 152 valence electrons. The lowest BCUT2D eigenvalue weighted by molar-refractivity contribution is -0.117. The summed E-state index contributed by atoms with van der Waals surface area (Å²) in [6.07, 6.45) is 2.08. The topological polar surface area (TPSA) is 56.9 Å². The summed E-state index contributed by atoms with van der Waals surface area (Å²) in [7, 11) is 0. The number of fused-ring (bicyclic) bond motifs is 1. The van der Waals surface area contributed by atoms with E-state index < -0.39 is 0 Å². The van der Waals surface area contributed by atoms with Crippen molar-refractivity contribution in [2.45, 2.75) is 25.8 Å². The molecule has 0 unspecified atom stereocenters. The number of anilines is 1. The maximum Gasteiger partial charge on any atom is 0.241 e. The zero-order valence-corrected chi connectivity index (χ0v) is 17.4. The molecule has 0 aliphatic carbocycles. The zero-order chi connectivity index (χ0) is 20.9. The largest absolute Gasteiger partial charge is 0.361 e. The van der Waals surface area contributed by atoms with Crippen LogP contribution in [0.3, 0.4) is 0 Å². The summed E-state index contributed by atoms with van der Waals surface area (Å²) in [5.74, 6) is 0.0999. The van der Waals surface area contributed by atoms with E-state index in [0.29, 0.717) is 6.54 Å². The molecule has 3 aromatic carbocycles. The Morgan fingerprint density at radius 3 is 2.53 bits per heavy atom. The van der Waals surface area contributed by atoms with Crippen LogP contribution in [-0.4, -0.2) is 23.5 Å². The summed E-state index contributed by atoms with van der Waals surface area (Å²) in [6.45, 7) is 4.58. The molecule has 0 saturated carbocycles. The van der Waals surface area contributed by atoms with Gasteiger partial charge in [0.05, 0.1) is 6.04 Å². The molecule has 30 heavy (non-hydrogen) atoms. The lowest BCUT2D eigenvalue weighted by Crippen LogP contribution is -2.40. The second-order valence-electron chi connectivity index (χ2n) is 7.74. The molecular weight excluding hydrogens is 370 g/mol. The van der Waals surface area contributed by atoms with E-state index in [9.17, 15) is 4.79 Å². The van der Waals surface area contributed by atoms with Gasteiger partial charge in [0.1, 0.15) is 0 Å². The van der Waals surface area contributed by atoms with E-state index in [0.717, 1.165) is 16.8 Å². The fourth-order valence-corrected chi connectivity index (χ4v) is 3.84. The normalized spacial score (nSPS) is 13.1. The minimum Gasteiger partial charge on any atom is -0.361 e. The predicted octanol–water partition coefficient (Wildman–Crippen LogP) is 5.23. The SMILES string of the molecule is Cc1cccc(NC(=O)[C@H](C)NC[C@@H](c2ccccc2)c2c[nH]c3ccccc23)c1. The number of rotatable bonds is 7. The van der Waals surface area contributed by atoms with Crippen LogP contribution in [-0.2, 0) is 4.79 Å². The highest BCUT2D eigenvalue weighted by atomic mass is 16.2. The number of benzene rings is 3. The van der Waals surface area contributed by atoms with Gasteiger partial charge in [-0.1, -0.05) is 60.7 Å². The van der Waals surface area contributed by atoms with E-state index in [-0.39, 0.29) is 17.9 Å². The molecule has 0 aliphatic rings. The van der Waals surface area contributed by atoms with E-state index >= 15 is 0 Å². The molecule has 4 heteroatoms. The van der Waals surface area contributed by atoms with Crippen LogP contribution in [0.5, 0.6) is 0 Å². The van der Waals surface area contributed by atoms with Crippen LogP contribution in [0.15, 0.2) is 85.1 Å². The molecule has 3 N–H and O–H groups in total. The van der Waals surface area contributed by atoms with Gasteiger partial charge in [0.2, 0.25) is 5.91 Å². The highest BCUT2D eigenvalue weighted by Crippen LogP contribution is 2.30. The Balaban J connectivity index is 1.52. The van der Waals surface area contributed by atoms with Crippen molar-refractivity contribution >= 4 is 22.5 Å².